The molecule has 0 aromatic carbocycles. The zero-order valence-corrected chi connectivity index (χ0v) is 13.4. The Hall–Kier alpha value is -1.41. The predicted octanol–water partition coefficient (Wildman–Crippen LogP) is 1.02. The molecule has 116 valence electrons. The third-order valence-electron chi connectivity index (χ3n) is 3.41. The van der Waals surface area contributed by atoms with Crippen LogP contribution in [0.15, 0.2) is 15.5 Å². The van der Waals surface area contributed by atoms with Crippen LogP contribution in [0.3, 0.4) is 0 Å². The van der Waals surface area contributed by atoms with E-state index in [4.69, 9.17) is 4.74 Å². The van der Waals surface area contributed by atoms with Crippen molar-refractivity contribution in [3.63, 3.8) is 0 Å². The average Bonchev–Trinajstić information content (AvgIpc) is 2.52. The summed E-state index contributed by atoms with van der Waals surface area (Å²) >= 11 is 3.26. The molecule has 0 aliphatic carbocycles. The van der Waals surface area contributed by atoms with Crippen molar-refractivity contribution >= 4 is 27.6 Å². The van der Waals surface area contributed by atoms with Gasteiger partial charge in [0.2, 0.25) is 0 Å². The van der Waals surface area contributed by atoms with Gasteiger partial charge in [0.05, 0.1) is 19.0 Å². The van der Waals surface area contributed by atoms with Crippen LogP contribution in [-0.4, -0.2) is 42.6 Å². The Morgan fingerprint density at radius 1 is 1.57 bits per heavy atom. The third kappa shape index (κ3) is 4.28. The standard InChI is InChI=1S/C13H18BrN3O4/c1-20-11(18)8-17-13(19)12(14)10(7-16-17)15-6-9-2-4-21-5-3-9/h7,9,15H,2-6,8H2,1H3. The van der Waals surface area contributed by atoms with E-state index in [0.717, 1.165) is 37.3 Å². The van der Waals surface area contributed by atoms with Crippen molar-refractivity contribution in [3.05, 3.63) is 21.0 Å². The zero-order chi connectivity index (χ0) is 15.2. The number of rotatable bonds is 5. The maximum absolute atomic E-state index is 12.1. The number of methoxy groups -OCH3 is 1. The fraction of sp³-hybridized carbons (Fsp3) is 0.615. The predicted molar refractivity (Wildman–Crippen MR) is 80.2 cm³/mol. The molecule has 1 aliphatic rings. The van der Waals surface area contributed by atoms with Gasteiger partial charge in [0.1, 0.15) is 11.0 Å². The summed E-state index contributed by atoms with van der Waals surface area (Å²) in [6.45, 7) is 2.14. The van der Waals surface area contributed by atoms with Gasteiger partial charge in [-0.2, -0.15) is 5.10 Å². The molecule has 0 spiro atoms. The summed E-state index contributed by atoms with van der Waals surface area (Å²) in [6.07, 6.45) is 3.56. The van der Waals surface area contributed by atoms with Crippen LogP contribution in [0, 0.1) is 5.92 Å². The van der Waals surface area contributed by atoms with Crippen LogP contribution >= 0.6 is 15.9 Å². The van der Waals surface area contributed by atoms with Crippen molar-refractivity contribution in [2.24, 2.45) is 5.92 Å². The Labute approximate surface area is 130 Å². The molecule has 0 saturated carbocycles. The molecule has 2 heterocycles. The van der Waals surface area contributed by atoms with Crippen molar-refractivity contribution in [1.82, 2.24) is 9.78 Å². The van der Waals surface area contributed by atoms with E-state index in [0.29, 0.717) is 16.1 Å². The van der Waals surface area contributed by atoms with Gasteiger partial charge in [-0.15, -0.1) is 0 Å². The molecule has 0 bridgehead atoms. The Kier molecular flexibility index (Phi) is 5.75. The zero-order valence-electron chi connectivity index (χ0n) is 11.8. The van der Waals surface area contributed by atoms with Gasteiger partial charge >= 0.3 is 5.97 Å². The van der Waals surface area contributed by atoms with Crippen LogP contribution < -0.4 is 10.9 Å². The summed E-state index contributed by atoms with van der Waals surface area (Å²) in [4.78, 5) is 23.3. The second-order valence-electron chi connectivity index (χ2n) is 4.85. The number of carbonyl (C=O) groups is 1. The van der Waals surface area contributed by atoms with Gasteiger partial charge in [0, 0.05) is 19.8 Å². The summed E-state index contributed by atoms with van der Waals surface area (Å²) < 4.78 is 11.3. The lowest BCUT2D eigenvalue weighted by molar-refractivity contribution is -0.141. The highest BCUT2D eigenvalue weighted by molar-refractivity contribution is 9.10. The number of ether oxygens (including phenoxy) is 2. The topological polar surface area (TPSA) is 82.5 Å². The van der Waals surface area contributed by atoms with E-state index < -0.39 is 5.97 Å². The number of nitrogens with zero attached hydrogens (tertiary/aromatic N) is 2. The lowest BCUT2D eigenvalue weighted by atomic mass is 10.0. The molecule has 0 atom stereocenters. The van der Waals surface area contributed by atoms with Crippen LogP contribution in [0.5, 0.6) is 0 Å². The number of carbonyl (C=O) groups excluding carboxylic acids is 1. The molecule has 1 aromatic rings. The Balaban J connectivity index is 2.02. The first-order chi connectivity index (χ1) is 10.1. The van der Waals surface area contributed by atoms with Crippen LogP contribution in [0.25, 0.3) is 0 Å². The van der Waals surface area contributed by atoms with Gasteiger partial charge in [-0.25, -0.2) is 4.68 Å². The number of esters is 1. The molecule has 1 saturated heterocycles. The minimum atomic E-state index is -0.514. The van der Waals surface area contributed by atoms with Gasteiger partial charge in [0.15, 0.2) is 0 Å². The summed E-state index contributed by atoms with van der Waals surface area (Å²) in [5.41, 5.74) is 0.269. The Morgan fingerprint density at radius 2 is 2.29 bits per heavy atom. The quantitative estimate of drug-likeness (QED) is 0.790. The van der Waals surface area contributed by atoms with Crippen LogP contribution in [0.4, 0.5) is 5.69 Å². The molecule has 1 N–H and O–H groups in total. The molecule has 2 rings (SSSR count). The Bertz CT molecular complexity index is 555. The maximum atomic E-state index is 12.1. The second-order valence-corrected chi connectivity index (χ2v) is 5.64. The molecule has 0 unspecified atom stereocenters. The minimum absolute atomic E-state index is 0.200. The van der Waals surface area contributed by atoms with Gasteiger partial charge < -0.3 is 14.8 Å². The van der Waals surface area contributed by atoms with Crippen LogP contribution in [0.1, 0.15) is 12.8 Å². The number of hydrogen-bond donors (Lipinski definition) is 1. The van der Waals surface area contributed by atoms with Gasteiger partial charge in [-0.3, -0.25) is 9.59 Å². The van der Waals surface area contributed by atoms with Crippen molar-refractivity contribution in [2.45, 2.75) is 19.4 Å². The van der Waals surface area contributed by atoms with E-state index in [1.54, 1.807) is 0 Å². The van der Waals surface area contributed by atoms with Gasteiger partial charge in [-0.1, -0.05) is 0 Å². The van der Waals surface area contributed by atoms with Crippen LogP contribution in [-0.2, 0) is 20.8 Å². The lowest BCUT2D eigenvalue weighted by Crippen LogP contribution is -2.29. The molecular weight excluding hydrogens is 342 g/mol. The summed E-state index contributed by atoms with van der Waals surface area (Å²) in [6, 6.07) is 0. The molecule has 1 aliphatic heterocycles. The molecule has 1 aromatic heterocycles. The Morgan fingerprint density at radius 3 is 2.95 bits per heavy atom. The summed E-state index contributed by atoms with van der Waals surface area (Å²) in [5, 5.41) is 7.20. The number of halogens is 1. The lowest BCUT2D eigenvalue weighted by Gasteiger charge is -2.22. The first-order valence-corrected chi connectivity index (χ1v) is 7.55. The minimum Gasteiger partial charge on any atom is -0.468 e. The number of hydrogen-bond acceptors (Lipinski definition) is 6. The monoisotopic (exact) mass is 359 g/mol. The van der Waals surface area contributed by atoms with E-state index in [1.165, 1.54) is 13.3 Å². The second kappa shape index (κ2) is 7.56. The first kappa shape index (κ1) is 16.0. The van der Waals surface area contributed by atoms with Crippen LogP contribution in [0.2, 0.25) is 0 Å². The molecule has 1 fully saturated rings. The van der Waals surface area contributed by atoms with Gasteiger partial charge in [0.25, 0.3) is 5.56 Å². The summed E-state index contributed by atoms with van der Waals surface area (Å²) in [7, 11) is 1.27. The highest BCUT2D eigenvalue weighted by atomic mass is 79.9. The van der Waals surface area contributed by atoms with Gasteiger partial charge in [-0.05, 0) is 34.7 Å². The van der Waals surface area contributed by atoms with E-state index in [2.05, 4.69) is 31.1 Å². The average molecular weight is 360 g/mol. The maximum Gasteiger partial charge on any atom is 0.327 e. The van der Waals surface area contributed by atoms with E-state index in [-0.39, 0.29) is 12.1 Å². The SMILES string of the molecule is COC(=O)Cn1ncc(NCC2CCOCC2)c(Br)c1=O. The fourth-order valence-electron chi connectivity index (χ4n) is 2.09. The molecular formula is C13H18BrN3O4. The van der Waals surface area contributed by atoms with Crippen molar-refractivity contribution in [3.8, 4) is 0 Å². The first-order valence-electron chi connectivity index (χ1n) is 6.76. The molecule has 8 heteroatoms. The molecule has 21 heavy (non-hydrogen) atoms. The van der Waals surface area contributed by atoms with Crippen molar-refractivity contribution in [2.75, 3.05) is 32.2 Å². The highest BCUT2D eigenvalue weighted by Crippen LogP contribution is 2.19. The highest BCUT2D eigenvalue weighted by Gasteiger charge is 2.16. The molecule has 0 amide bonds. The molecule has 7 nitrogen and oxygen atoms in total. The normalized spacial score (nSPS) is 15.7. The van der Waals surface area contributed by atoms with Crippen molar-refractivity contribution < 1.29 is 14.3 Å². The number of anilines is 1. The van der Waals surface area contributed by atoms with E-state index in [9.17, 15) is 9.59 Å². The van der Waals surface area contributed by atoms with Crippen molar-refractivity contribution in [1.29, 1.82) is 0 Å². The van der Waals surface area contributed by atoms with E-state index >= 15 is 0 Å². The summed E-state index contributed by atoms with van der Waals surface area (Å²) in [5.74, 6) is 0.0163. The third-order valence-corrected chi connectivity index (χ3v) is 4.18. The number of nitrogens with one attached hydrogen (secondary N) is 1. The van der Waals surface area contributed by atoms with E-state index in [1.807, 2.05) is 0 Å². The fourth-order valence-corrected chi connectivity index (χ4v) is 2.54. The number of aromatic nitrogens is 2. The molecule has 0 radical (unpaired) electrons. The smallest absolute Gasteiger partial charge is 0.327 e. The largest absolute Gasteiger partial charge is 0.468 e.